The molecular formula is C58H112O6. The van der Waals surface area contributed by atoms with Gasteiger partial charge >= 0.3 is 17.9 Å². The summed E-state index contributed by atoms with van der Waals surface area (Å²) in [7, 11) is 0. The summed E-state index contributed by atoms with van der Waals surface area (Å²) in [6.07, 6.45) is 53.8. The lowest BCUT2D eigenvalue weighted by molar-refractivity contribution is -0.167. The Morgan fingerprint density at radius 3 is 0.812 bits per heavy atom. The van der Waals surface area contributed by atoms with E-state index in [1.54, 1.807) is 0 Å². The van der Waals surface area contributed by atoms with Gasteiger partial charge in [0, 0.05) is 19.3 Å². The fraction of sp³-hybridized carbons (Fsp3) is 0.948. The molecule has 0 aromatic rings. The van der Waals surface area contributed by atoms with Gasteiger partial charge in [-0.05, 0) is 31.1 Å². The van der Waals surface area contributed by atoms with Crippen molar-refractivity contribution in [1.82, 2.24) is 0 Å². The van der Waals surface area contributed by atoms with Crippen molar-refractivity contribution in [3.05, 3.63) is 0 Å². The molecule has 0 saturated heterocycles. The number of hydrogen-bond donors (Lipinski definition) is 0. The summed E-state index contributed by atoms with van der Waals surface area (Å²) >= 11 is 0. The Labute approximate surface area is 399 Å². The van der Waals surface area contributed by atoms with Gasteiger partial charge in [-0.15, -0.1) is 0 Å². The lowest BCUT2D eigenvalue weighted by atomic mass is 9.99. The normalized spacial score (nSPS) is 12.9. The summed E-state index contributed by atoms with van der Waals surface area (Å²) in [6, 6.07) is 0. The third-order valence-corrected chi connectivity index (χ3v) is 13.9. The van der Waals surface area contributed by atoms with Crippen molar-refractivity contribution in [3.63, 3.8) is 0 Å². The van der Waals surface area contributed by atoms with Crippen LogP contribution in [0.1, 0.15) is 324 Å². The number of esters is 3. The second-order valence-electron chi connectivity index (χ2n) is 20.4. The molecule has 0 aliphatic heterocycles. The van der Waals surface area contributed by atoms with Gasteiger partial charge in [0.25, 0.3) is 0 Å². The van der Waals surface area contributed by atoms with E-state index in [-0.39, 0.29) is 31.1 Å². The molecule has 0 fully saturated rings. The maximum Gasteiger partial charge on any atom is 0.306 e. The van der Waals surface area contributed by atoms with Gasteiger partial charge in [0.1, 0.15) is 13.2 Å². The zero-order valence-electron chi connectivity index (χ0n) is 43.9. The Hall–Kier alpha value is -1.59. The van der Waals surface area contributed by atoms with Crippen molar-refractivity contribution in [2.45, 2.75) is 330 Å². The van der Waals surface area contributed by atoms with Gasteiger partial charge in [-0.25, -0.2) is 0 Å². The summed E-state index contributed by atoms with van der Waals surface area (Å²) in [6.45, 7) is 11.4. The summed E-state index contributed by atoms with van der Waals surface area (Å²) in [4.78, 5) is 38.0. The maximum absolute atomic E-state index is 12.8. The molecule has 0 N–H and O–H groups in total. The second kappa shape index (κ2) is 50.8. The van der Waals surface area contributed by atoms with Crippen LogP contribution in [0.25, 0.3) is 0 Å². The predicted octanol–water partition coefficient (Wildman–Crippen LogP) is 18.9. The van der Waals surface area contributed by atoms with Crippen LogP contribution in [0.2, 0.25) is 0 Å². The molecule has 0 heterocycles. The fourth-order valence-corrected chi connectivity index (χ4v) is 8.81. The molecule has 0 bridgehead atoms. The summed E-state index contributed by atoms with van der Waals surface area (Å²) in [5.74, 6) is 0.879. The van der Waals surface area contributed by atoms with E-state index in [4.69, 9.17) is 14.2 Å². The van der Waals surface area contributed by atoms with Crippen molar-refractivity contribution >= 4 is 17.9 Å². The molecule has 0 aromatic carbocycles. The average molecular weight is 906 g/mol. The first-order chi connectivity index (χ1) is 31.3. The lowest BCUT2D eigenvalue weighted by Gasteiger charge is -2.18. The van der Waals surface area contributed by atoms with Crippen LogP contribution in [-0.4, -0.2) is 37.2 Å². The Morgan fingerprint density at radius 1 is 0.312 bits per heavy atom. The topological polar surface area (TPSA) is 78.9 Å². The van der Waals surface area contributed by atoms with Crippen molar-refractivity contribution in [3.8, 4) is 0 Å². The molecule has 64 heavy (non-hydrogen) atoms. The average Bonchev–Trinajstić information content (AvgIpc) is 3.29. The quantitative estimate of drug-likeness (QED) is 0.0344. The van der Waals surface area contributed by atoms with Crippen LogP contribution in [0.4, 0.5) is 0 Å². The van der Waals surface area contributed by atoms with Gasteiger partial charge in [0.05, 0.1) is 0 Å². The van der Waals surface area contributed by atoms with Crippen LogP contribution in [-0.2, 0) is 28.6 Å². The minimum absolute atomic E-state index is 0.0636. The van der Waals surface area contributed by atoms with Crippen LogP contribution in [0.15, 0.2) is 0 Å². The van der Waals surface area contributed by atoms with Crippen LogP contribution in [0, 0.1) is 11.8 Å². The Bertz CT molecular complexity index is 982. The number of carbonyl (C=O) groups excluding carboxylic acids is 3. The molecule has 6 heteroatoms. The molecule has 0 rings (SSSR count). The zero-order valence-corrected chi connectivity index (χ0v) is 43.9. The fourth-order valence-electron chi connectivity index (χ4n) is 8.81. The SMILES string of the molecule is CCCCCCCCCCCCCCCCC(=O)OC[C@@H](COC(=O)CCCCCCCCC(C)CC)OC(=O)CCCCCCCCCCCCCCCCCCCCC(C)CC. The largest absolute Gasteiger partial charge is 0.462 e. The monoisotopic (exact) mass is 905 g/mol. The summed E-state index contributed by atoms with van der Waals surface area (Å²) in [5.41, 5.74) is 0. The number of ether oxygens (including phenoxy) is 3. The molecule has 0 aromatic heterocycles. The van der Waals surface area contributed by atoms with Crippen molar-refractivity contribution in [2.75, 3.05) is 13.2 Å². The van der Waals surface area contributed by atoms with Crippen LogP contribution in [0.5, 0.6) is 0 Å². The number of carbonyl (C=O) groups is 3. The van der Waals surface area contributed by atoms with Gasteiger partial charge < -0.3 is 14.2 Å². The Morgan fingerprint density at radius 2 is 0.547 bits per heavy atom. The van der Waals surface area contributed by atoms with Crippen LogP contribution >= 0.6 is 0 Å². The minimum Gasteiger partial charge on any atom is -0.462 e. The molecule has 0 aliphatic rings. The highest BCUT2D eigenvalue weighted by atomic mass is 16.6. The van der Waals surface area contributed by atoms with E-state index in [1.807, 2.05) is 0 Å². The van der Waals surface area contributed by atoms with Crippen molar-refractivity contribution < 1.29 is 28.6 Å². The van der Waals surface area contributed by atoms with Crippen LogP contribution < -0.4 is 0 Å². The Kier molecular flexibility index (Phi) is 49.6. The third-order valence-electron chi connectivity index (χ3n) is 13.9. The molecule has 0 spiro atoms. The highest BCUT2D eigenvalue weighted by molar-refractivity contribution is 5.71. The number of hydrogen-bond acceptors (Lipinski definition) is 6. The lowest BCUT2D eigenvalue weighted by Crippen LogP contribution is -2.30. The number of rotatable bonds is 52. The molecule has 0 amide bonds. The minimum atomic E-state index is -0.763. The smallest absolute Gasteiger partial charge is 0.306 e. The second-order valence-corrected chi connectivity index (χ2v) is 20.4. The molecule has 6 nitrogen and oxygen atoms in total. The van der Waals surface area contributed by atoms with Gasteiger partial charge in [0.2, 0.25) is 0 Å². The number of unbranched alkanes of at least 4 members (excludes halogenated alkanes) is 35. The molecule has 0 saturated carbocycles. The standard InChI is InChI=1S/C58H112O6/c1-6-9-10-11-12-13-14-15-23-26-29-32-38-43-48-56(59)62-51-55(52-63-57(60)49-44-39-35-34-37-42-47-54(5)8-3)64-58(61)50-45-40-33-30-27-24-21-19-17-16-18-20-22-25-28-31-36-41-46-53(4)7-2/h53-55H,6-52H2,1-5H3/t53?,54?,55-/m0/s1. The summed E-state index contributed by atoms with van der Waals surface area (Å²) < 4.78 is 16.9. The maximum atomic E-state index is 12.8. The van der Waals surface area contributed by atoms with Gasteiger partial charge in [-0.3, -0.25) is 14.4 Å². The van der Waals surface area contributed by atoms with Crippen LogP contribution in [0.3, 0.4) is 0 Å². The molecule has 0 aliphatic carbocycles. The molecule has 380 valence electrons. The van der Waals surface area contributed by atoms with E-state index >= 15 is 0 Å². The highest BCUT2D eigenvalue weighted by Crippen LogP contribution is 2.19. The van der Waals surface area contributed by atoms with E-state index in [9.17, 15) is 14.4 Å². The van der Waals surface area contributed by atoms with Crippen molar-refractivity contribution in [2.24, 2.45) is 11.8 Å². The molecule has 2 unspecified atom stereocenters. The van der Waals surface area contributed by atoms with E-state index in [1.165, 1.54) is 212 Å². The first-order valence-electron chi connectivity index (χ1n) is 28.8. The predicted molar refractivity (Wildman–Crippen MR) is 275 cm³/mol. The Balaban J connectivity index is 4.22. The van der Waals surface area contributed by atoms with Gasteiger partial charge in [-0.1, -0.05) is 285 Å². The van der Waals surface area contributed by atoms with E-state index in [0.717, 1.165) is 69.6 Å². The van der Waals surface area contributed by atoms with E-state index in [2.05, 4.69) is 34.6 Å². The molecule has 0 radical (unpaired) electrons. The van der Waals surface area contributed by atoms with Gasteiger partial charge in [0.15, 0.2) is 6.10 Å². The molecule has 3 atom stereocenters. The summed E-state index contributed by atoms with van der Waals surface area (Å²) in [5, 5.41) is 0. The highest BCUT2D eigenvalue weighted by Gasteiger charge is 2.19. The third kappa shape index (κ3) is 48.3. The van der Waals surface area contributed by atoms with Crippen molar-refractivity contribution in [1.29, 1.82) is 0 Å². The van der Waals surface area contributed by atoms with Gasteiger partial charge in [-0.2, -0.15) is 0 Å². The zero-order chi connectivity index (χ0) is 46.8. The first-order valence-corrected chi connectivity index (χ1v) is 28.8. The molecular weight excluding hydrogens is 793 g/mol. The van der Waals surface area contributed by atoms with E-state index < -0.39 is 6.10 Å². The first kappa shape index (κ1) is 62.4. The van der Waals surface area contributed by atoms with E-state index in [0.29, 0.717) is 19.3 Å².